The average molecular weight is 195 g/mol. The lowest BCUT2D eigenvalue weighted by atomic mass is 10.1. The van der Waals surface area contributed by atoms with E-state index in [1.54, 1.807) is 30.3 Å². The molecule has 2 rings (SSSR count). The molecule has 0 radical (unpaired) electrons. The molecule has 2 atom stereocenters. The van der Waals surface area contributed by atoms with Crippen LogP contribution >= 0.6 is 0 Å². The van der Waals surface area contributed by atoms with E-state index in [1.807, 2.05) is 0 Å². The van der Waals surface area contributed by atoms with Crippen LogP contribution in [0.5, 0.6) is 0 Å². The molecule has 0 bridgehead atoms. The van der Waals surface area contributed by atoms with E-state index in [-0.39, 0.29) is 6.42 Å². The normalized spacial score (nSPS) is 29.6. The molecule has 0 aromatic heterocycles. The highest BCUT2D eigenvalue weighted by Crippen LogP contribution is 2.51. The van der Waals surface area contributed by atoms with Gasteiger partial charge in [-0.3, -0.25) is 0 Å². The Morgan fingerprint density at radius 1 is 1.50 bits per heavy atom. The Labute approximate surface area is 80.7 Å². The van der Waals surface area contributed by atoms with Crippen molar-refractivity contribution >= 4 is 6.09 Å². The molecular formula is C10H10FNO2. The van der Waals surface area contributed by atoms with Crippen LogP contribution in [-0.4, -0.2) is 12.2 Å². The monoisotopic (exact) mass is 195 g/mol. The molecule has 1 aliphatic carbocycles. The van der Waals surface area contributed by atoms with Gasteiger partial charge in [0.1, 0.15) is 6.10 Å². The predicted octanol–water partition coefficient (Wildman–Crippen LogP) is 1.72. The molecular weight excluding hydrogens is 185 g/mol. The van der Waals surface area contributed by atoms with Gasteiger partial charge < -0.3 is 10.5 Å². The molecule has 1 aromatic carbocycles. The molecule has 1 saturated carbocycles. The fourth-order valence-corrected chi connectivity index (χ4v) is 1.51. The summed E-state index contributed by atoms with van der Waals surface area (Å²) in [5.74, 6) is 0. The van der Waals surface area contributed by atoms with Crippen molar-refractivity contribution in [2.75, 3.05) is 0 Å². The number of nitrogens with two attached hydrogens (primary N) is 1. The number of hydrogen-bond acceptors (Lipinski definition) is 2. The zero-order chi connectivity index (χ0) is 10.2. The first-order valence-corrected chi connectivity index (χ1v) is 4.33. The van der Waals surface area contributed by atoms with Gasteiger partial charge in [-0.05, 0) is 5.56 Å². The minimum atomic E-state index is -1.53. The molecule has 2 N–H and O–H groups in total. The molecule has 0 saturated heterocycles. The topological polar surface area (TPSA) is 52.3 Å². The van der Waals surface area contributed by atoms with Crippen molar-refractivity contribution in [3.63, 3.8) is 0 Å². The van der Waals surface area contributed by atoms with E-state index < -0.39 is 17.9 Å². The first kappa shape index (κ1) is 8.99. The van der Waals surface area contributed by atoms with E-state index in [0.717, 1.165) is 0 Å². The number of carbonyl (C=O) groups is 1. The zero-order valence-corrected chi connectivity index (χ0v) is 7.44. The predicted molar refractivity (Wildman–Crippen MR) is 48.3 cm³/mol. The van der Waals surface area contributed by atoms with Crippen LogP contribution < -0.4 is 5.73 Å². The van der Waals surface area contributed by atoms with Crippen LogP contribution in [-0.2, 0) is 10.4 Å². The van der Waals surface area contributed by atoms with Gasteiger partial charge in [-0.15, -0.1) is 0 Å². The molecule has 74 valence electrons. The summed E-state index contributed by atoms with van der Waals surface area (Å²) in [5, 5.41) is 0. The molecule has 14 heavy (non-hydrogen) atoms. The SMILES string of the molecule is NC(=O)OC1CC1(F)c1ccccc1. The molecule has 4 heteroatoms. The van der Waals surface area contributed by atoms with E-state index in [2.05, 4.69) is 4.74 Å². The van der Waals surface area contributed by atoms with Crippen LogP contribution in [0.1, 0.15) is 12.0 Å². The van der Waals surface area contributed by atoms with Gasteiger partial charge in [0.25, 0.3) is 0 Å². The van der Waals surface area contributed by atoms with Crippen molar-refractivity contribution in [3.05, 3.63) is 35.9 Å². The van der Waals surface area contributed by atoms with Gasteiger partial charge in [-0.1, -0.05) is 30.3 Å². The van der Waals surface area contributed by atoms with Crippen molar-refractivity contribution in [3.8, 4) is 0 Å². The Balaban J connectivity index is 2.11. The summed E-state index contributed by atoms with van der Waals surface area (Å²) in [6.07, 6.45) is -1.45. The van der Waals surface area contributed by atoms with Crippen molar-refractivity contribution in [2.45, 2.75) is 18.2 Å². The minimum Gasteiger partial charge on any atom is -0.442 e. The number of carbonyl (C=O) groups excluding carboxylic acids is 1. The fourth-order valence-electron chi connectivity index (χ4n) is 1.51. The van der Waals surface area contributed by atoms with E-state index in [1.165, 1.54) is 0 Å². The third-order valence-corrected chi connectivity index (χ3v) is 2.34. The Kier molecular flexibility index (Phi) is 1.91. The number of ether oxygens (including phenoxy) is 1. The van der Waals surface area contributed by atoms with Crippen molar-refractivity contribution in [2.24, 2.45) is 5.73 Å². The molecule has 1 fully saturated rings. The molecule has 2 unspecified atom stereocenters. The van der Waals surface area contributed by atoms with Crippen LogP contribution in [0.4, 0.5) is 9.18 Å². The first-order chi connectivity index (χ1) is 6.63. The van der Waals surface area contributed by atoms with Gasteiger partial charge in [0.15, 0.2) is 5.67 Å². The highest BCUT2D eigenvalue weighted by atomic mass is 19.1. The van der Waals surface area contributed by atoms with Gasteiger partial charge in [0.2, 0.25) is 0 Å². The molecule has 1 aliphatic rings. The summed E-state index contributed by atoms with van der Waals surface area (Å²) in [6.45, 7) is 0. The third-order valence-electron chi connectivity index (χ3n) is 2.34. The maximum absolute atomic E-state index is 13.9. The fraction of sp³-hybridized carbons (Fsp3) is 0.300. The summed E-state index contributed by atoms with van der Waals surface area (Å²) >= 11 is 0. The Morgan fingerprint density at radius 2 is 2.14 bits per heavy atom. The second-order valence-electron chi connectivity index (χ2n) is 3.36. The number of primary amides is 1. The third kappa shape index (κ3) is 1.43. The van der Waals surface area contributed by atoms with Crippen LogP contribution in [0.2, 0.25) is 0 Å². The summed E-state index contributed by atoms with van der Waals surface area (Å²) in [7, 11) is 0. The summed E-state index contributed by atoms with van der Waals surface area (Å²) < 4.78 is 18.5. The number of hydrogen-bond donors (Lipinski definition) is 1. The lowest BCUT2D eigenvalue weighted by Gasteiger charge is -2.06. The second-order valence-corrected chi connectivity index (χ2v) is 3.36. The Hall–Kier alpha value is -1.58. The molecule has 0 heterocycles. The van der Waals surface area contributed by atoms with Crippen molar-refractivity contribution < 1.29 is 13.9 Å². The molecule has 3 nitrogen and oxygen atoms in total. The van der Waals surface area contributed by atoms with Crippen LogP contribution in [0, 0.1) is 0 Å². The molecule has 0 aliphatic heterocycles. The molecule has 1 aromatic rings. The van der Waals surface area contributed by atoms with Crippen molar-refractivity contribution in [1.82, 2.24) is 0 Å². The summed E-state index contributed by atoms with van der Waals surface area (Å²) in [6, 6.07) is 8.64. The van der Waals surface area contributed by atoms with Crippen LogP contribution in [0.15, 0.2) is 30.3 Å². The number of amides is 1. The number of alkyl halides is 1. The van der Waals surface area contributed by atoms with Gasteiger partial charge in [0.05, 0.1) is 0 Å². The van der Waals surface area contributed by atoms with Gasteiger partial charge in [0, 0.05) is 6.42 Å². The second kappa shape index (κ2) is 2.97. The highest BCUT2D eigenvalue weighted by Gasteiger charge is 2.59. The minimum absolute atomic E-state index is 0.194. The highest BCUT2D eigenvalue weighted by molar-refractivity contribution is 5.65. The maximum Gasteiger partial charge on any atom is 0.404 e. The van der Waals surface area contributed by atoms with Gasteiger partial charge in [-0.2, -0.15) is 0 Å². The van der Waals surface area contributed by atoms with E-state index in [4.69, 9.17) is 5.73 Å². The first-order valence-electron chi connectivity index (χ1n) is 4.33. The lowest BCUT2D eigenvalue weighted by molar-refractivity contribution is 0.116. The standard InChI is InChI=1S/C10H10FNO2/c11-10(6-8(10)14-9(12)13)7-4-2-1-3-5-7/h1-5,8H,6H2,(H2,12,13). The quantitative estimate of drug-likeness (QED) is 0.781. The molecule has 0 spiro atoms. The lowest BCUT2D eigenvalue weighted by Crippen LogP contribution is -2.18. The smallest absolute Gasteiger partial charge is 0.404 e. The van der Waals surface area contributed by atoms with E-state index in [0.29, 0.717) is 5.56 Å². The number of benzene rings is 1. The van der Waals surface area contributed by atoms with E-state index in [9.17, 15) is 9.18 Å². The summed E-state index contributed by atoms with van der Waals surface area (Å²) in [4.78, 5) is 10.4. The van der Waals surface area contributed by atoms with E-state index >= 15 is 0 Å². The maximum atomic E-state index is 13.9. The zero-order valence-electron chi connectivity index (χ0n) is 7.44. The van der Waals surface area contributed by atoms with Gasteiger partial charge >= 0.3 is 6.09 Å². The van der Waals surface area contributed by atoms with Crippen LogP contribution in [0.25, 0.3) is 0 Å². The van der Waals surface area contributed by atoms with Crippen molar-refractivity contribution in [1.29, 1.82) is 0 Å². The van der Waals surface area contributed by atoms with Crippen LogP contribution in [0.3, 0.4) is 0 Å². The molecule has 1 amide bonds. The van der Waals surface area contributed by atoms with Gasteiger partial charge in [-0.25, -0.2) is 9.18 Å². The Bertz CT molecular complexity index is 354. The Morgan fingerprint density at radius 3 is 2.71 bits per heavy atom. The summed E-state index contributed by atoms with van der Waals surface area (Å²) in [5.41, 5.74) is 3.81. The number of halogens is 1. The number of rotatable bonds is 2. The largest absolute Gasteiger partial charge is 0.442 e. The average Bonchev–Trinajstić information content (AvgIpc) is 2.79.